The maximum Gasteiger partial charge on any atom is 0.253 e. The van der Waals surface area contributed by atoms with Gasteiger partial charge in [0.25, 0.3) is 5.91 Å². The first-order valence-corrected chi connectivity index (χ1v) is 9.93. The third-order valence-corrected chi connectivity index (χ3v) is 5.68. The van der Waals surface area contributed by atoms with Gasteiger partial charge in [-0.1, -0.05) is 17.7 Å². The van der Waals surface area contributed by atoms with E-state index in [9.17, 15) is 9.59 Å². The molecule has 2 atom stereocenters. The zero-order chi connectivity index (χ0) is 18.5. The molecule has 2 amide bonds. The van der Waals surface area contributed by atoms with Crippen molar-refractivity contribution in [3.05, 3.63) is 51.2 Å². The molecule has 0 bridgehead atoms. The number of thiophene rings is 1. The molecule has 2 heterocycles. The van der Waals surface area contributed by atoms with E-state index in [1.807, 2.05) is 17.5 Å². The number of piperidine rings is 1. The minimum atomic E-state index is -0.255. The number of halogens is 2. The molecule has 1 aliphatic rings. The summed E-state index contributed by atoms with van der Waals surface area (Å²) in [5.74, 6) is -0.279. The van der Waals surface area contributed by atoms with Crippen molar-refractivity contribution in [1.82, 2.24) is 10.6 Å². The monoisotopic (exact) mass is 427 g/mol. The second-order valence-corrected chi connectivity index (χ2v) is 7.96. The van der Waals surface area contributed by atoms with Crippen LogP contribution in [-0.2, 0) is 11.3 Å². The summed E-state index contributed by atoms with van der Waals surface area (Å²) in [5, 5.41) is 11.4. The first-order chi connectivity index (χ1) is 12.5. The van der Waals surface area contributed by atoms with Gasteiger partial charge in [-0.3, -0.25) is 9.59 Å². The van der Waals surface area contributed by atoms with Crippen LogP contribution >= 0.6 is 35.3 Å². The van der Waals surface area contributed by atoms with E-state index in [1.165, 1.54) is 0 Å². The fraction of sp³-hybridized carbons (Fsp3) is 0.368. The van der Waals surface area contributed by atoms with Crippen molar-refractivity contribution < 1.29 is 9.59 Å². The van der Waals surface area contributed by atoms with Gasteiger partial charge in [0.1, 0.15) is 0 Å². The molecule has 0 radical (unpaired) electrons. The van der Waals surface area contributed by atoms with E-state index >= 15 is 0 Å². The number of rotatable bonds is 5. The van der Waals surface area contributed by atoms with Gasteiger partial charge in [0.2, 0.25) is 5.91 Å². The molecule has 0 saturated carbocycles. The highest BCUT2D eigenvalue weighted by Crippen LogP contribution is 2.23. The van der Waals surface area contributed by atoms with Crippen LogP contribution in [0.25, 0.3) is 0 Å². The Morgan fingerprint density at radius 3 is 2.85 bits per heavy atom. The lowest BCUT2D eigenvalue weighted by molar-refractivity contribution is -0.120. The second kappa shape index (κ2) is 10.1. The summed E-state index contributed by atoms with van der Waals surface area (Å²) < 4.78 is 0. The van der Waals surface area contributed by atoms with Gasteiger partial charge >= 0.3 is 0 Å². The fourth-order valence-corrected chi connectivity index (χ4v) is 3.92. The quantitative estimate of drug-likeness (QED) is 0.672. The molecule has 1 saturated heterocycles. The molecular weight excluding hydrogens is 405 g/mol. The smallest absolute Gasteiger partial charge is 0.253 e. The van der Waals surface area contributed by atoms with E-state index < -0.39 is 0 Å². The Bertz CT molecular complexity index is 783. The molecule has 3 rings (SSSR count). The van der Waals surface area contributed by atoms with Gasteiger partial charge in [-0.25, -0.2) is 0 Å². The van der Waals surface area contributed by atoms with Gasteiger partial charge in [-0.2, -0.15) is 0 Å². The lowest BCUT2D eigenvalue weighted by Crippen LogP contribution is -2.40. The summed E-state index contributed by atoms with van der Waals surface area (Å²) in [5.41, 5.74) is 0.951. The van der Waals surface area contributed by atoms with Gasteiger partial charge in [-0.05, 0) is 56.0 Å². The number of hydrogen-bond acceptors (Lipinski definition) is 4. The van der Waals surface area contributed by atoms with E-state index in [4.69, 9.17) is 11.6 Å². The number of carbonyl (C=O) groups excluding carboxylic acids is 2. The maximum atomic E-state index is 12.5. The lowest BCUT2D eigenvalue weighted by Gasteiger charge is -2.27. The van der Waals surface area contributed by atoms with Crippen molar-refractivity contribution in [2.24, 2.45) is 5.92 Å². The van der Waals surface area contributed by atoms with Crippen LogP contribution in [-0.4, -0.2) is 24.4 Å². The molecule has 2 aromatic rings. The first-order valence-electron chi connectivity index (χ1n) is 8.67. The Kier molecular flexibility index (Phi) is 8.10. The van der Waals surface area contributed by atoms with Gasteiger partial charge < -0.3 is 16.0 Å². The Labute approximate surface area is 174 Å². The highest BCUT2D eigenvalue weighted by Gasteiger charge is 2.25. The van der Waals surface area contributed by atoms with Gasteiger partial charge in [0.15, 0.2) is 0 Å². The van der Waals surface area contributed by atoms with Crippen LogP contribution in [0.15, 0.2) is 35.7 Å². The topological polar surface area (TPSA) is 70.2 Å². The van der Waals surface area contributed by atoms with E-state index in [0.29, 0.717) is 28.9 Å². The van der Waals surface area contributed by atoms with Crippen LogP contribution in [0, 0.1) is 5.92 Å². The molecule has 0 aliphatic carbocycles. The summed E-state index contributed by atoms with van der Waals surface area (Å²) in [7, 11) is 0. The second-order valence-electron chi connectivity index (χ2n) is 6.52. The molecule has 8 heteroatoms. The highest BCUT2D eigenvalue weighted by atomic mass is 35.5. The first kappa shape index (κ1) is 21.7. The van der Waals surface area contributed by atoms with E-state index in [0.717, 1.165) is 24.3 Å². The number of anilines is 1. The van der Waals surface area contributed by atoms with Crippen molar-refractivity contribution in [3.63, 3.8) is 0 Å². The molecule has 1 aromatic heterocycles. The van der Waals surface area contributed by atoms with Crippen LogP contribution in [0.4, 0.5) is 5.69 Å². The predicted octanol–water partition coefficient (Wildman–Crippen LogP) is 4.08. The third kappa shape index (κ3) is 5.94. The van der Waals surface area contributed by atoms with Crippen LogP contribution in [0.2, 0.25) is 5.02 Å². The molecule has 1 aliphatic heterocycles. The van der Waals surface area contributed by atoms with E-state index in [2.05, 4.69) is 22.9 Å². The Morgan fingerprint density at radius 2 is 2.15 bits per heavy atom. The largest absolute Gasteiger partial charge is 0.347 e. The Balaban J connectivity index is 0.00000261. The van der Waals surface area contributed by atoms with Gasteiger partial charge in [0.05, 0.1) is 17.1 Å². The number of amides is 2. The zero-order valence-corrected chi connectivity index (χ0v) is 17.3. The normalized spacial score (nSPS) is 19.0. The zero-order valence-electron chi connectivity index (χ0n) is 15.0. The van der Waals surface area contributed by atoms with E-state index in [-0.39, 0.29) is 30.1 Å². The van der Waals surface area contributed by atoms with E-state index in [1.54, 1.807) is 29.5 Å². The summed E-state index contributed by atoms with van der Waals surface area (Å²) in [4.78, 5) is 26.0. The standard InChI is InChI=1S/C19H22ClN3O2S.ClH/c1-12-9-13(6-7-21-12)18(24)23-14-4-5-17(20)16(10-14)19(25)22-11-15-3-2-8-26-15;/h2-5,8,10,12-13,21H,6-7,9,11H2,1H3,(H,22,25)(H,23,24);1H/t12-,13-;/m0./s1. The summed E-state index contributed by atoms with van der Waals surface area (Å²) in [6.45, 7) is 3.38. The van der Waals surface area contributed by atoms with Gasteiger partial charge in [-0.15, -0.1) is 23.7 Å². The highest BCUT2D eigenvalue weighted by molar-refractivity contribution is 7.09. The van der Waals surface area contributed by atoms with Crippen LogP contribution < -0.4 is 16.0 Å². The van der Waals surface area contributed by atoms with Crippen molar-refractivity contribution in [3.8, 4) is 0 Å². The lowest BCUT2D eigenvalue weighted by atomic mass is 9.92. The maximum absolute atomic E-state index is 12.5. The minimum absolute atomic E-state index is 0. The Morgan fingerprint density at radius 1 is 1.33 bits per heavy atom. The summed E-state index contributed by atoms with van der Waals surface area (Å²) in [6, 6.07) is 9.24. The molecular formula is C19H23Cl2N3O2S. The SMILES string of the molecule is C[C@H]1C[C@@H](C(=O)Nc2ccc(Cl)c(C(=O)NCc3cccs3)c2)CCN1.Cl. The molecule has 146 valence electrons. The van der Waals surface area contributed by atoms with Crippen LogP contribution in [0.3, 0.4) is 0 Å². The molecule has 0 unspecified atom stereocenters. The van der Waals surface area contributed by atoms with Crippen molar-refractivity contribution in [1.29, 1.82) is 0 Å². The van der Waals surface area contributed by atoms with Crippen molar-refractivity contribution in [2.45, 2.75) is 32.4 Å². The summed E-state index contributed by atoms with van der Waals surface area (Å²) >= 11 is 7.76. The number of nitrogens with one attached hydrogen (secondary N) is 3. The minimum Gasteiger partial charge on any atom is -0.347 e. The average Bonchev–Trinajstić information content (AvgIpc) is 3.15. The molecule has 1 aromatic carbocycles. The molecule has 3 N–H and O–H groups in total. The molecule has 1 fully saturated rings. The molecule has 27 heavy (non-hydrogen) atoms. The number of hydrogen-bond donors (Lipinski definition) is 3. The molecule has 0 spiro atoms. The third-order valence-electron chi connectivity index (χ3n) is 4.48. The van der Waals surface area contributed by atoms with Crippen LogP contribution in [0.5, 0.6) is 0 Å². The fourth-order valence-electron chi connectivity index (χ4n) is 3.07. The molecule has 5 nitrogen and oxygen atoms in total. The van der Waals surface area contributed by atoms with Crippen LogP contribution in [0.1, 0.15) is 35.0 Å². The van der Waals surface area contributed by atoms with Gasteiger partial charge in [0, 0.05) is 22.5 Å². The summed E-state index contributed by atoms with van der Waals surface area (Å²) in [6.07, 6.45) is 1.63. The van der Waals surface area contributed by atoms with Crippen molar-refractivity contribution in [2.75, 3.05) is 11.9 Å². The number of carbonyl (C=O) groups is 2. The van der Waals surface area contributed by atoms with Crippen molar-refractivity contribution >= 4 is 52.8 Å². The number of benzene rings is 1. The average molecular weight is 428 g/mol. The Hall–Kier alpha value is -1.60. The predicted molar refractivity (Wildman–Crippen MR) is 113 cm³/mol.